The summed E-state index contributed by atoms with van der Waals surface area (Å²) in [6.45, 7) is 2.03. The Kier molecular flexibility index (Phi) is 8.34. The highest BCUT2D eigenvalue weighted by atomic mass is 79.9. The number of benzene rings is 2. The van der Waals surface area contributed by atoms with Gasteiger partial charge in [0.2, 0.25) is 5.91 Å². The quantitative estimate of drug-likeness (QED) is 0.512. The molecule has 0 fully saturated rings. The monoisotopic (exact) mass is 504 g/mol. The van der Waals surface area contributed by atoms with E-state index in [-0.39, 0.29) is 18.9 Å². The van der Waals surface area contributed by atoms with E-state index in [1.54, 1.807) is 0 Å². The zero-order chi connectivity index (χ0) is 20.0. The van der Waals surface area contributed by atoms with Crippen LogP contribution in [0.1, 0.15) is 18.1 Å². The van der Waals surface area contributed by atoms with Crippen LogP contribution in [0.15, 0.2) is 45.3 Å². The lowest BCUT2D eigenvalue weighted by atomic mass is 10.0. The lowest BCUT2D eigenvalue weighted by molar-refractivity contribution is -0.120. The first-order valence-electron chi connectivity index (χ1n) is 8.29. The van der Waals surface area contributed by atoms with Gasteiger partial charge in [-0.05, 0) is 47.9 Å². The Morgan fingerprint density at radius 1 is 1.15 bits per heavy atom. The maximum atomic E-state index is 13.4. The second kappa shape index (κ2) is 10.3. The van der Waals surface area contributed by atoms with Crippen molar-refractivity contribution >= 4 is 37.8 Å². The van der Waals surface area contributed by atoms with Gasteiger partial charge in [-0.25, -0.2) is 8.78 Å². The molecule has 27 heavy (non-hydrogen) atoms. The summed E-state index contributed by atoms with van der Waals surface area (Å²) in [6, 6.07) is 8.26. The van der Waals surface area contributed by atoms with E-state index in [2.05, 4.69) is 42.5 Å². The highest BCUT2D eigenvalue weighted by Gasteiger charge is 2.21. The molecule has 2 aromatic rings. The van der Waals surface area contributed by atoms with Crippen molar-refractivity contribution in [2.24, 2.45) is 0 Å². The van der Waals surface area contributed by atoms with Crippen LogP contribution in [-0.4, -0.2) is 29.7 Å². The van der Waals surface area contributed by atoms with E-state index < -0.39 is 23.8 Å². The minimum absolute atomic E-state index is 0.109. The molecule has 0 aromatic heterocycles. The van der Waals surface area contributed by atoms with E-state index in [1.807, 2.05) is 18.2 Å². The molecule has 1 amide bonds. The van der Waals surface area contributed by atoms with Crippen molar-refractivity contribution < 1.29 is 18.7 Å². The molecular weight excluding hydrogens is 486 g/mol. The molecule has 0 aliphatic heterocycles. The molecule has 0 bridgehead atoms. The number of hydrogen-bond donors (Lipinski definition) is 3. The number of rotatable bonds is 8. The number of hydrogen-bond acceptors (Lipinski definition) is 3. The largest absolute Gasteiger partial charge is 0.390 e. The Balaban J connectivity index is 2.00. The molecule has 8 heteroatoms. The van der Waals surface area contributed by atoms with E-state index in [1.165, 1.54) is 19.1 Å². The van der Waals surface area contributed by atoms with Gasteiger partial charge in [-0.15, -0.1) is 0 Å². The standard InChI is InChI=1S/C19H20Br2F2N2O2/c1-11(26)25-18(6-12-4-15(22)8-16(23)5-12)19(27)10-24-9-13-7-14(20)2-3-17(13)21/h2-5,7-8,18-19,24,27H,6,9-10H2,1H3,(H,25,26). The summed E-state index contributed by atoms with van der Waals surface area (Å²) in [5.74, 6) is -1.72. The Morgan fingerprint density at radius 3 is 2.44 bits per heavy atom. The fraction of sp³-hybridized carbons (Fsp3) is 0.316. The first-order chi connectivity index (χ1) is 12.7. The second-order valence-electron chi connectivity index (χ2n) is 6.22. The van der Waals surface area contributed by atoms with Crippen molar-refractivity contribution in [3.63, 3.8) is 0 Å². The van der Waals surface area contributed by atoms with Crippen LogP contribution >= 0.6 is 31.9 Å². The molecular formula is C19H20Br2F2N2O2. The molecule has 0 radical (unpaired) electrons. The van der Waals surface area contributed by atoms with Crippen molar-refractivity contribution in [3.8, 4) is 0 Å². The molecule has 3 N–H and O–H groups in total. The molecule has 146 valence electrons. The fourth-order valence-electron chi connectivity index (χ4n) is 2.70. The summed E-state index contributed by atoms with van der Waals surface area (Å²) in [5.41, 5.74) is 1.36. The SMILES string of the molecule is CC(=O)NC(Cc1cc(F)cc(F)c1)C(O)CNCc1cc(Br)ccc1Br. The minimum Gasteiger partial charge on any atom is -0.390 e. The molecule has 2 unspecified atom stereocenters. The molecule has 0 aliphatic rings. The summed E-state index contributed by atoms with van der Waals surface area (Å²) < 4.78 is 28.7. The van der Waals surface area contributed by atoms with Crippen LogP contribution < -0.4 is 10.6 Å². The predicted molar refractivity (Wildman–Crippen MR) is 107 cm³/mol. The Hall–Kier alpha value is -1.35. The number of nitrogens with one attached hydrogen (secondary N) is 2. The number of amides is 1. The van der Waals surface area contributed by atoms with Crippen molar-refractivity contribution in [2.75, 3.05) is 6.54 Å². The van der Waals surface area contributed by atoms with E-state index in [4.69, 9.17) is 0 Å². The Morgan fingerprint density at radius 2 is 1.81 bits per heavy atom. The summed E-state index contributed by atoms with van der Waals surface area (Å²) in [6.07, 6.45) is -0.830. The van der Waals surface area contributed by atoms with Gasteiger partial charge >= 0.3 is 0 Å². The number of carbonyl (C=O) groups excluding carboxylic acids is 1. The number of aliphatic hydroxyl groups is 1. The van der Waals surface area contributed by atoms with Gasteiger partial charge in [-0.2, -0.15) is 0 Å². The first-order valence-corrected chi connectivity index (χ1v) is 9.88. The summed E-state index contributed by atoms with van der Waals surface area (Å²) >= 11 is 6.88. The number of carbonyl (C=O) groups is 1. The Bertz CT molecular complexity index is 785. The van der Waals surface area contributed by atoms with Gasteiger partial charge in [0.15, 0.2) is 0 Å². The summed E-state index contributed by atoms with van der Waals surface area (Å²) in [7, 11) is 0. The van der Waals surface area contributed by atoms with Crippen LogP contribution in [0.4, 0.5) is 8.78 Å². The topological polar surface area (TPSA) is 61.4 Å². The van der Waals surface area contributed by atoms with Crippen LogP contribution in [0.2, 0.25) is 0 Å². The van der Waals surface area contributed by atoms with Gasteiger partial charge in [0.1, 0.15) is 11.6 Å². The third-order valence-electron chi connectivity index (χ3n) is 3.91. The molecule has 4 nitrogen and oxygen atoms in total. The van der Waals surface area contributed by atoms with Gasteiger partial charge in [-0.1, -0.05) is 31.9 Å². The zero-order valence-electron chi connectivity index (χ0n) is 14.6. The average Bonchev–Trinajstić information content (AvgIpc) is 2.56. The van der Waals surface area contributed by atoms with E-state index in [9.17, 15) is 18.7 Å². The highest BCUT2D eigenvalue weighted by molar-refractivity contribution is 9.11. The van der Waals surface area contributed by atoms with Gasteiger partial charge in [0.25, 0.3) is 0 Å². The lowest BCUT2D eigenvalue weighted by Gasteiger charge is -2.24. The predicted octanol–water partition coefficient (Wildman–Crippen LogP) is 3.69. The third-order valence-corrected chi connectivity index (χ3v) is 5.17. The van der Waals surface area contributed by atoms with Gasteiger partial charge in [-0.3, -0.25) is 4.79 Å². The van der Waals surface area contributed by atoms with E-state index >= 15 is 0 Å². The molecule has 0 saturated heterocycles. The van der Waals surface area contributed by atoms with Crippen LogP contribution in [0.5, 0.6) is 0 Å². The van der Waals surface area contributed by atoms with E-state index in [0.717, 1.165) is 20.6 Å². The molecule has 0 heterocycles. The van der Waals surface area contributed by atoms with Crippen molar-refractivity contribution in [3.05, 3.63) is 68.1 Å². The molecule has 0 saturated carbocycles. The molecule has 0 aliphatic carbocycles. The van der Waals surface area contributed by atoms with E-state index in [0.29, 0.717) is 12.1 Å². The summed E-state index contributed by atoms with van der Waals surface area (Å²) in [4.78, 5) is 11.5. The van der Waals surface area contributed by atoms with Crippen LogP contribution in [0, 0.1) is 11.6 Å². The number of aliphatic hydroxyl groups excluding tert-OH is 1. The molecule has 2 atom stereocenters. The molecule has 0 spiro atoms. The normalized spacial score (nSPS) is 13.3. The third kappa shape index (κ3) is 7.29. The van der Waals surface area contributed by atoms with Crippen LogP contribution in [0.25, 0.3) is 0 Å². The maximum absolute atomic E-state index is 13.4. The van der Waals surface area contributed by atoms with Gasteiger partial charge < -0.3 is 15.7 Å². The average molecular weight is 506 g/mol. The van der Waals surface area contributed by atoms with Gasteiger partial charge in [0.05, 0.1) is 12.1 Å². The maximum Gasteiger partial charge on any atom is 0.217 e. The van der Waals surface area contributed by atoms with Crippen molar-refractivity contribution in [1.29, 1.82) is 0 Å². The lowest BCUT2D eigenvalue weighted by Crippen LogP contribution is -2.48. The molecule has 2 aromatic carbocycles. The highest BCUT2D eigenvalue weighted by Crippen LogP contribution is 2.21. The van der Waals surface area contributed by atoms with Crippen molar-refractivity contribution in [2.45, 2.75) is 32.0 Å². The second-order valence-corrected chi connectivity index (χ2v) is 7.99. The first kappa shape index (κ1) is 21.9. The number of halogens is 4. The zero-order valence-corrected chi connectivity index (χ0v) is 17.8. The fourth-order valence-corrected chi connectivity index (χ4v) is 3.50. The van der Waals surface area contributed by atoms with Gasteiger partial charge in [0, 0.05) is 35.0 Å². The van der Waals surface area contributed by atoms with Crippen molar-refractivity contribution in [1.82, 2.24) is 10.6 Å². The molecule has 2 rings (SSSR count). The minimum atomic E-state index is -0.939. The summed E-state index contributed by atoms with van der Waals surface area (Å²) in [5, 5.41) is 16.3. The van der Waals surface area contributed by atoms with Crippen LogP contribution in [-0.2, 0) is 17.8 Å². The Labute approximate surface area is 173 Å². The van der Waals surface area contributed by atoms with Crippen LogP contribution in [0.3, 0.4) is 0 Å². The smallest absolute Gasteiger partial charge is 0.217 e.